The van der Waals surface area contributed by atoms with Crippen LogP contribution in [-0.2, 0) is 27.2 Å². The van der Waals surface area contributed by atoms with Crippen molar-refractivity contribution in [1.29, 1.82) is 0 Å². The fraction of sp³-hybridized carbons (Fsp3) is 0.259. The van der Waals surface area contributed by atoms with E-state index in [1.54, 1.807) is 25.3 Å². The number of halogens is 1. The molecule has 0 aromatic heterocycles. The van der Waals surface area contributed by atoms with Gasteiger partial charge in [-0.2, -0.15) is 0 Å². The molecule has 0 radical (unpaired) electrons. The Bertz CT molecular complexity index is 1100. The first-order chi connectivity index (χ1) is 16.4. The highest BCUT2D eigenvalue weighted by atomic mass is 32.2. The van der Waals surface area contributed by atoms with Crippen LogP contribution in [0.2, 0.25) is 0 Å². The van der Waals surface area contributed by atoms with Crippen LogP contribution < -0.4 is 4.74 Å². The molecule has 0 aliphatic carbocycles. The van der Waals surface area contributed by atoms with E-state index in [-0.39, 0.29) is 5.82 Å². The minimum Gasteiger partial charge on any atom is -0.496 e. The molecule has 3 aromatic rings. The lowest BCUT2D eigenvalue weighted by molar-refractivity contribution is -0.144. The quantitative estimate of drug-likeness (QED) is 0.366. The van der Waals surface area contributed by atoms with Crippen molar-refractivity contribution in [3.05, 3.63) is 101 Å². The monoisotopic (exact) mass is 482 g/mol. The summed E-state index contributed by atoms with van der Waals surface area (Å²) in [6, 6.07) is 21.0. The summed E-state index contributed by atoms with van der Waals surface area (Å²) in [4.78, 5) is 23.6. The van der Waals surface area contributed by atoms with Crippen molar-refractivity contribution in [2.24, 2.45) is 0 Å². The summed E-state index contributed by atoms with van der Waals surface area (Å²) in [6.45, 7) is 1.36. The van der Waals surface area contributed by atoms with E-state index in [0.717, 1.165) is 22.3 Å². The number of hydrogen-bond acceptors (Lipinski definition) is 5. The van der Waals surface area contributed by atoms with Crippen LogP contribution in [0.15, 0.2) is 72.8 Å². The zero-order chi connectivity index (χ0) is 24.5. The molecule has 5 nitrogen and oxygen atoms in total. The van der Waals surface area contributed by atoms with E-state index in [2.05, 4.69) is 0 Å². The van der Waals surface area contributed by atoms with Gasteiger partial charge >= 0.3 is 11.9 Å². The number of rotatable bonds is 11. The maximum Gasteiger partial charge on any atom is 0.316 e. The van der Waals surface area contributed by atoms with Crippen molar-refractivity contribution in [2.45, 2.75) is 31.1 Å². The normalized spacial score (nSPS) is 12.6. The van der Waals surface area contributed by atoms with Gasteiger partial charge in [-0.05, 0) is 53.5 Å². The van der Waals surface area contributed by atoms with Crippen molar-refractivity contribution in [3.63, 3.8) is 0 Å². The van der Waals surface area contributed by atoms with Gasteiger partial charge in [0.2, 0.25) is 0 Å². The molecular formula is C27H27FO5S. The molecule has 0 bridgehead atoms. The predicted octanol–water partition coefficient (Wildman–Crippen LogP) is 5.46. The van der Waals surface area contributed by atoms with Crippen molar-refractivity contribution in [2.75, 3.05) is 12.9 Å². The standard InChI is InChI=1S/C27H27FO5S/c1-18(29)33-26(23-5-3-4-6-24(23)32-2)21-11-7-20(8-12-21)17-25(27(30)31)34-16-15-19-9-13-22(28)14-10-19/h3-14,25-26H,15-17H2,1-2H3,(H,30,31). The number of carboxylic acids is 1. The first kappa shape index (κ1) is 25.3. The highest BCUT2D eigenvalue weighted by Crippen LogP contribution is 2.33. The topological polar surface area (TPSA) is 72.8 Å². The number of methoxy groups -OCH3 is 1. The van der Waals surface area contributed by atoms with Crippen molar-refractivity contribution < 1.29 is 28.6 Å². The Kier molecular flexibility index (Phi) is 9.10. The minimum atomic E-state index is -0.875. The molecule has 2 atom stereocenters. The first-order valence-corrected chi connectivity index (χ1v) is 11.9. The van der Waals surface area contributed by atoms with Crippen LogP contribution in [0.3, 0.4) is 0 Å². The zero-order valence-corrected chi connectivity index (χ0v) is 19.9. The van der Waals surface area contributed by atoms with Gasteiger partial charge in [0, 0.05) is 12.5 Å². The molecule has 0 saturated heterocycles. The lowest BCUT2D eigenvalue weighted by atomic mass is 9.98. The highest BCUT2D eigenvalue weighted by molar-refractivity contribution is 8.00. The number of carbonyl (C=O) groups is 2. The van der Waals surface area contributed by atoms with Crippen LogP contribution in [0.1, 0.15) is 35.3 Å². The molecule has 7 heteroatoms. The summed E-state index contributed by atoms with van der Waals surface area (Å²) in [5, 5.41) is 9.07. The minimum absolute atomic E-state index is 0.287. The van der Waals surface area contributed by atoms with E-state index in [1.165, 1.54) is 30.8 Å². The molecule has 2 unspecified atom stereocenters. The average Bonchev–Trinajstić information content (AvgIpc) is 2.83. The zero-order valence-electron chi connectivity index (χ0n) is 19.1. The molecule has 1 N–H and O–H groups in total. The number of ether oxygens (including phenoxy) is 2. The van der Waals surface area contributed by atoms with E-state index in [0.29, 0.717) is 24.3 Å². The molecule has 178 valence electrons. The smallest absolute Gasteiger partial charge is 0.316 e. The van der Waals surface area contributed by atoms with Crippen molar-refractivity contribution in [1.82, 2.24) is 0 Å². The van der Waals surface area contributed by atoms with E-state index in [9.17, 15) is 19.1 Å². The fourth-order valence-corrected chi connectivity index (χ4v) is 4.68. The Balaban J connectivity index is 1.69. The molecule has 3 rings (SSSR count). The molecule has 3 aromatic carbocycles. The second kappa shape index (κ2) is 12.2. The van der Waals surface area contributed by atoms with Gasteiger partial charge in [-0.3, -0.25) is 9.59 Å². The molecule has 34 heavy (non-hydrogen) atoms. The van der Waals surface area contributed by atoms with Crippen LogP contribution in [0.25, 0.3) is 0 Å². The maximum atomic E-state index is 13.0. The molecule has 0 aliphatic heterocycles. The largest absolute Gasteiger partial charge is 0.496 e. The molecular weight excluding hydrogens is 455 g/mol. The van der Waals surface area contributed by atoms with Crippen molar-refractivity contribution >= 4 is 23.7 Å². The molecule has 0 amide bonds. The van der Waals surface area contributed by atoms with E-state index >= 15 is 0 Å². The Morgan fingerprint density at radius 3 is 2.24 bits per heavy atom. The second-order valence-electron chi connectivity index (χ2n) is 7.75. The van der Waals surface area contributed by atoms with Crippen LogP contribution >= 0.6 is 11.8 Å². The third-order valence-electron chi connectivity index (χ3n) is 5.31. The van der Waals surface area contributed by atoms with Crippen LogP contribution in [0.5, 0.6) is 5.75 Å². The average molecular weight is 483 g/mol. The number of carbonyl (C=O) groups excluding carboxylic acids is 1. The number of hydrogen-bond donors (Lipinski definition) is 1. The number of carboxylic acid groups (broad SMARTS) is 1. The second-order valence-corrected chi connectivity index (χ2v) is 9.06. The fourth-order valence-electron chi connectivity index (χ4n) is 3.59. The number of esters is 1. The Labute approximate surface area is 202 Å². The number of aliphatic carboxylic acids is 1. The third-order valence-corrected chi connectivity index (χ3v) is 6.52. The lowest BCUT2D eigenvalue weighted by Crippen LogP contribution is -2.20. The van der Waals surface area contributed by atoms with Crippen molar-refractivity contribution in [3.8, 4) is 5.75 Å². The molecule has 0 aliphatic rings. The molecule has 0 spiro atoms. The summed E-state index contributed by atoms with van der Waals surface area (Å²) < 4.78 is 24.1. The van der Waals surface area contributed by atoms with Crippen LogP contribution in [-0.4, -0.2) is 35.2 Å². The van der Waals surface area contributed by atoms with E-state index in [4.69, 9.17) is 9.47 Å². The van der Waals surface area contributed by atoms with Gasteiger partial charge in [-0.25, -0.2) is 4.39 Å². The summed E-state index contributed by atoms with van der Waals surface area (Å²) in [5.41, 5.74) is 3.33. The molecule has 0 saturated carbocycles. The molecule has 0 heterocycles. The number of benzene rings is 3. The van der Waals surface area contributed by atoms with Gasteiger partial charge in [-0.15, -0.1) is 11.8 Å². The summed E-state index contributed by atoms with van der Waals surface area (Å²) >= 11 is 1.37. The third kappa shape index (κ3) is 7.09. The summed E-state index contributed by atoms with van der Waals surface area (Å²) in [7, 11) is 1.56. The van der Waals surface area contributed by atoms with E-state index < -0.39 is 23.3 Å². The Hall–Kier alpha value is -3.32. The van der Waals surface area contributed by atoms with Gasteiger partial charge in [0.25, 0.3) is 0 Å². The van der Waals surface area contributed by atoms with Gasteiger partial charge in [-0.1, -0.05) is 54.6 Å². The number of aryl methyl sites for hydroxylation is 1. The number of para-hydroxylation sites is 1. The number of thioether (sulfide) groups is 1. The van der Waals surface area contributed by atoms with Crippen LogP contribution in [0, 0.1) is 5.82 Å². The summed E-state index contributed by atoms with van der Waals surface area (Å²) in [6.07, 6.45) is 0.385. The Morgan fingerprint density at radius 2 is 1.62 bits per heavy atom. The maximum absolute atomic E-state index is 13.0. The predicted molar refractivity (Wildman–Crippen MR) is 131 cm³/mol. The SMILES string of the molecule is COc1ccccc1C(OC(C)=O)c1ccc(CC(SCCc2ccc(F)cc2)C(=O)O)cc1. The van der Waals surface area contributed by atoms with Gasteiger partial charge in [0.05, 0.1) is 7.11 Å². The summed E-state index contributed by atoms with van der Waals surface area (Å²) in [5.74, 6) is -0.349. The van der Waals surface area contributed by atoms with Gasteiger partial charge < -0.3 is 14.6 Å². The molecule has 0 fully saturated rings. The van der Waals surface area contributed by atoms with E-state index in [1.807, 2.05) is 42.5 Å². The first-order valence-electron chi connectivity index (χ1n) is 10.8. The van der Waals surface area contributed by atoms with Gasteiger partial charge in [0.15, 0.2) is 6.10 Å². The van der Waals surface area contributed by atoms with Gasteiger partial charge in [0.1, 0.15) is 16.8 Å². The van der Waals surface area contributed by atoms with Crippen LogP contribution in [0.4, 0.5) is 4.39 Å². The Morgan fingerprint density at radius 1 is 0.971 bits per heavy atom. The highest BCUT2D eigenvalue weighted by Gasteiger charge is 2.22. The lowest BCUT2D eigenvalue weighted by Gasteiger charge is -2.20.